The monoisotopic (exact) mass is 339 g/mol. The van der Waals surface area contributed by atoms with Crippen molar-refractivity contribution in [1.82, 2.24) is 4.90 Å². The SMILES string of the molecule is CC(=O)OCC[N+](C)(C)C.CN(C)CCO.C[N+](C)(C)CCO. The zero-order chi connectivity index (χ0) is 19.1. The molecule has 0 saturated carbocycles. The summed E-state index contributed by atoms with van der Waals surface area (Å²) >= 11 is 0. The molecule has 23 heavy (non-hydrogen) atoms. The van der Waals surface area contributed by atoms with Crippen molar-refractivity contribution in [2.75, 3.05) is 95.8 Å². The van der Waals surface area contributed by atoms with Crippen molar-refractivity contribution in [2.45, 2.75) is 6.92 Å². The van der Waals surface area contributed by atoms with Gasteiger partial charge >= 0.3 is 5.97 Å². The predicted octanol–water partition coefficient (Wildman–Crippen LogP) is -0.519. The van der Waals surface area contributed by atoms with E-state index in [1.807, 2.05) is 19.0 Å². The van der Waals surface area contributed by atoms with Gasteiger partial charge in [0.25, 0.3) is 0 Å². The van der Waals surface area contributed by atoms with Gasteiger partial charge in [0.05, 0.1) is 55.5 Å². The number of nitrogens with zero attached hydrogens (tertiary/aromatic N) is 3. The third-order valence-electron chi connectivity index (χ3n) is 2.39. The first-order chi connectivity index (χ1) is 10.2. The highest BCUT2D eigenvalue weighted by Gasteiger charge is 2.06. The molecule has 0 aromatic rings. The van der Waals surface area contributed by atoms with Gasteiger partial charge in [-0.25, -0.2) is 0 Å². The van der Waals surface area contributed by atoms with Gasteiger partial charge in [-0.15, -0.1) is 0 Å². The maximum Gasteiger partial charge on any atom is 0.302 e. The molecule has 7 nitrogen and oxygen atoms in total. The van der Waals surface area contributed by atoms with E-state index in [1.54, 1.807) is 0 Å². The Hall–Kier alpha value is -0.730. The third kappa shape index (κ3) is 44.9. The van der Waals surface area contributed by atoms with Crippen molar-refractivity contribution < 1.29 is 28.7 Å². The molecule has 0 spiro atoms. The summed E-state index contributed by atoms with van der Waals surface area (Å²) < 4.78 is 6.43. The van der Waals surface area contributed by atoms with Crippen molar-refractivity contribution in [3.05, 3.63) is 0 Å². The Kier molecular flexibility index (Phi) is 17.5. The number of aliphatic hydroxyl groups is 2. The Morgan fingerprint density at radius 2 is 1.35 bits per heavy atom. The van der Waals surface area contributed by atoms with E-state index < -0.39 is 0 Å². The lowest BCUT2D eigenvalue weighted by Gasteiger charge is -2.23. The van der Waals surface area contributed by atoms with Crippen LogP contribution in [-0.2, 0) is 9.53 Å². The van der Waals surface area contributed by atoms with Crippen LogP contribution in [0, 0.1) is 0 Å². The molecule has 0 aromatic heterocycles. The number of hydrogen-bond donors (Lipinski definition) is 2. The molecule has 0 atom stereocenters. The van der Waals surface area contributed by atoms with Crippen molar-refractivity contribution in [1.29, 1.82) is 0 Å². The molecule has 0 bridgehead atoms. The third-order valence-corrected chi connectivity index (χ3v) is 2.39. The molecule has 0 radical (unpaired) electrons. The number of ether oxygens (including phenoxy) is 1. The topological polar surface area (TPSA) is 70.0 Å². The fourth-order valence-electron chi connectivity index (χ4n) is 0.963. The Labute approximate surface area is 143 Å². The largest absolute Gasteiger partial charge is 0.460 e. The number of likely N-dealkylation sites (N-methyl/N-ethyl adjacent to an activating group) is 3. The summed E-state index contributed by atoms with van der Waals surface area (Å²) in [4.78, 5) is 12.2. The minimum Gasteiger partial charge on any atom is -0.460 e. The predicted molar refractivity (Wildman–Crippen MR) is 95.2 cm³/mol. The second-order valence-corrected chi connectivity index (χ2v) is 7.62. The number of carbonyl (C=O) groups is 1. The molecule has 0 heterocycles. The van der Waals surface area contributed by atoms with Crippen LogP contribution in [0.2, 0.25) is 0 Å². The minimum atomic E-state index is -0.201. The number of rotatable bonds is 7. The number of carbonyl (C=O) groups excluding carboxylic acids is 1. The van der Waals surface area contributed by atoms with Gasteiger partial charge in [-0.05, 0) is 14.1 Å². The first-order valence-electron chi connectivity index (χ1n) is 7.86. The van der Waals surface area contributed by atoms with Crippen LogP contribution in [0.15, 0.2) is 0 Å². The van der Waals surface area contributed by atoms with Gasteiger partial charge in [-0.3, -0.25) is 4.79 Å². The summed E-state index contributed by atoms with van der Waals surface area (Å²) in [6.07, 6.45) is 0. The summed E-state index contributed by atoms with van der Waals surface area (Å²) in [6, 6.07) is 0. The van der Waals surface area contributed by atoms with E-state index in [0.29, 0.717) is 6.61 Å². The van der Waals surface area contributed by atoms with Crippen molar-refractivity contribution in [3.63, 3.8) is 0 Å². The fraction of sp³-hybridized carbons (Fsp3) is 0.938. The zero-order valence-corrected chi connectivity index (χ0v) is 16.8. The molecule has 0 rings (SSSR count). The molecule has 142 valence electrons. The van der Waals surface area contributed by atoms with Gasteiger partial charge in [0.1, 0.15) is 19.7 Å². The van der Waals surface area contributed by atoms with Gasteiger partial charge in [0, 0.05) is 13.5 Å². The van der Waals surface area contributed by atoms with Gasteiger partial charge in [0.15, 0.2) is 0 Å². The summed E-state index contributed by atoms with van der Waals surface area (Å²) in [5.41, 5.74) is 0. The van der Waals surface area contributed by atoms with E-state index in [9.17, 15) is 4.79 Å². The van der Waals surface area contributed by atoms with Gasteiger partial charge in [0.2, 0.25) is 0 Å². The van der Waals surface area contributed by atoms with Crippen LogP contribution >= 0.6 is 0 Å². The Morgan fingerprint density at radius 1 is 0.913 bits per heavy atom. The Bertz CT molecular complexity index is 271. The molecule has 0 aliphatic carbocycles. The lowest BCUT2D eigenvalue weighted by Crippen LogP contribution is -2.37. The second-order valence-electron chi connectivity index (χ2n) is 7.62. The first kappa shape index (κ1) is 27.1. The van der Waals surface area contributed by atoms with E-state index in [0.717, 1.165) is 28.6 Å². The number of aliphatic hydroxyl groups excluding tert-OH is 2. The van der Waals surface area contributed by atoms with E-state index in [1.165, 1.54) is 6.92 Å². The maximum absolute atomic E-state index is 10.3. The average Bonchev–Trinajstić information content (AvgIpc) is 2.25. The second kappa shape index (κ2) is 14.8. The highest BCUT2D eigenvalue weighted by atomic mass is 16.5. The molecule has 0 unspecified atom stereocenters. The normalized spacial score (nSPS) is 11.1. The molecular weight excluding hydrogens is 298 g/mol. The van der Waals surface area contributed by atoms with Crippen LogP contribution in [-0.4, -0.2) is 126 Å². The van der Waals surface area contributed by atoms with E-state index >= 15 is 0 Å². The van der Waals surface area contributed by atoms with Crippen LogP contribution < -0.4 is 0 Å². The smallest absolute Gasteiger partial charge is 0.302 e. The quantitative estimate of drug-likeness (QED) is 0.483. The fourth-order valence-corrected chi connectivity index (χ4v) is 0.963. The molecule has 0 aliphatic heterocycles. The van der Waals surface area contributed by atoms with E-state index in [-0.39, 0.29) is 19.2 Å². The van der Waals surface area contributed by atoms with Crippen molar-refractivity contribution in [3.8, 4) is 0 Å². The summed E-state index contributed by atoms with van der Waals surface area (Å²) in [7, 11) is 16.2. The lowest BCUT2D eigenvalue weighted by molar-refractivity contribution is -0.870. The number of hydrogen-bond acceptors (Lipinski definition) is 5. The number of quaternary nitrogens is 2. The van der Waals surface area contributed by atoms with E-state index in [4.69, 9.17) is 14.9 Å². The summed E-state index contributed by atoms with van der Waals surface area (Å²) in [5, 5.41) is 16.6. The lowest BCUT2D eigenvalue weighted by atomic mass is 10.5. The van der Waals surface area contributed by atoms with Crippen LogP contribution in [0.25, 0.3) is 0 Å². The highest BCUT2D eigenvalue weighted by Crippen LogP contribution is 1.89. The average molecular weight is 340 g/mol. The van der Waals surface area contributed by atoms with Crippen LogP contribution in [0.5, 0.6) is 0 Å². The van der Waals surface area contributed by atoms with E-state index in [2.05, 4.69) is 42.3 Å². The minimum absolute atomic E-state index is 0.201. The molecule has 0 fully saturated rings. The molecular formula is C16H41N3O4+2. The van der Waals surface area contributed by atoms with Crippen molar-refractivity contribution in [2.24, 2.45) is 0 Å². The first-order valence-corrected chi connectivity index (χ1v) is 7.86. The van der Waals surface area contributed by atoms with Gasteiger partial charge in [-0.1, -0.05) is 0 Å². The molecule has 0 aliphatic rings. The molecule has 0 aromatic carbocycles. The molecule has 7 heteroatoms. The molecule has 0 amide bonds. The molecule has 2 N–H and O–H groups in total. The van der Waals surface area contributed by atoms with Crippen LogP contribution in [0.4, 0.5) is 0 Å². The number of esters is 1. The highest BCUT2D eigenvalue weighted by molar-refractivity contribution is 5.65. The summed E-state index contributed by atoms with van der Waals surface area (Å²) in [5.74, 6) is -0.201. The molecule has 0 saturated heterocycles. The Morgan fingerprint density at radius 3 is 1.48 bits per heavy atom. The van der Waals surface area contributed by atoms with Crippen molar-refractivity contribution >= 4 is 5.97 Å². The zero-order valence-electron chi connectivity index (χ0n) is 16.8. The maximum atomic E-state index is 10.3. The standard InChI is InChI=1S/C7H16NO2.C5H14NO.C4H11NO/c1-7(9)10-6-5-8(2,3)4;1-6(2,3)4-5-7;1-5(2)3-4-6/h5-6H2,1-4H3;7H,4-5H2,1-3H3;6H,3-4H2,1-2H3/q2*+1;. The van der Waals surface area contributed by atoms with Gasteiger partial charge in [-0.2, -0.15) is 0 Å². The van der Waals surface area contributed by atoms with Crippen LogP contribution in [0.1, 0.15) is 6.92 Å². The van der Waals surface area contributed by atoms with Crippen LogP contribution in [0.3, 0.4) is 0 Å². The summed E-state index contributed by atoms with van der Waals surface area (Å²) in [6.45, 7) is 4.94. The Balaban J connectivity index is -0.000000272. The van der Waals surface area contributed by atoms with Gasteiger partial charge < -0.3 is 28.8 Å².